The Bertz CT molecular complexity index is 501. The normalized spacial score (nSPS) is 30.2. The third kappa shape index (κ3) is 2.03. The Morgan fingerprint density at radius 2 is 2.00 bits per heavy atom. The van der Waals surface area contributed by atoms with Crippen molar-refractivity contribution < 1.29 is 9.59 Å². The maximum absolute atomic E-state index is 11.9. The number of Topliss-reactive ketones (excluding diaryl/α,β-unsaturated/α-hetero) is 1. The zero-order chi connectivity index (χ0) is 12.5. The highest BCUT2D eigenvalue weighted by Crippen LogP contribution is 2.54. The summed E-state index contributed by atoms with van der Waals surface area (Å²) >= 11 is 0. The smallest absolute Gasteiger partial charge is 0.185 e. The topological polar surface area (TPSA) is 34.1 Å². The second-order valence-corrected chi connectivity index (χ2v) is 5.21. The molecule has 3 rings (SSSR count). The fourth-order valence-corrected chi connectivity index (χ4v) is 3.06. The minimum absolute atomic E-state index is 0.0340. The fourth-order valence-electron chi connectivity index (χ4n) is 3.06. The molecule has 0 amide bonds. The van der Waals surface area contributed by atoms with Crippen LogP contribution in [-0.4, -0.2) is 11.6 Å². The SMILES string of the molecule is O=C(/C=C/[C@H]1[C@@H]2CCCC(=O)[C@H]12)c1ccccc1. The standard InChI is InChI=1S/C16H16O2/c17-14(11-5-2-1-3-6-11)10-9-13-12-7-4-8-15(18)16(12)13/h1-3,5-6,9-10,12-13,16H,4,7-8H2/b10-9+/t12-,13-,16-/m0/s1. The Hall–Kier alpha value is -1.70. The lowest BCUT2D eigenvalue weighted by atomic mass is 10.00. The van der Waals surface area contributed by atoms with Crippen molar-refractivity contribution in [3.05, 3.63) is 48.0 Å². The molecule has 2 aliphatic carbocycles. The molecule has 0 radical (unpaired) electrons. The average molecular weight is 240 g/mol. The maximum atomic E-state index is 11.9. The van der Waals surface area contributed by atoms with Gasteiger partial charge in [-0.3, -0.25) is 9.59 Å². The lowest BCUT2D eigenvalue weighted by Crippen LogP contribution is -2.07. The van der Waals surface area contributed by atoms with E-state index in [1.165, 1.54) is 0 Å². The number of hydrogen-bond acceptors (Lipinski definition) is 2. The first-order valence-corrected chi connectivity index (χ1v) is 6.57. The summed E-state index contributed by atoms with van der Waals surface area (Å²) in [6.07, 6.45) is 6.50. The van der Waals surface area contributed by atoms with Gasteiger partial charge in [0.25, 0.3) is 0 Å². The van der Waals surface area contributed by atoms with E-state index in [9.17, 15) is 9.59 Å². The van der Waals surface area contributed by atoms with Gasteiger partial charge in [-0.1, -0.05) is 36.4 Å². The Labute approximate surface area is 107 Å². The molecule has 2 fully saturated rings. The molecule has 0 heterocycles. The molecule has 2 aliphatic rings. The largest absolute Gasteiger partial charge is 0.299 e. The number of fused-ring (bicyclic) bond motifs is 1. The molecule has 2 heteroatoms. The van der Waals surface area contributed by atoms with Gasteiger partial charge in [-0.25, -0.2) is 0 Å². The van der Waals surface area contributed by atoms with E-state index in [0.717, 1.165) is 19.3 Å². The second-order valence-electron chi connectivity index (χ2n) is 5.21. The van der Waals surface area contributed by atoms with Crippen molar-refractivity contribution in [3.8, 4) is 0 Å². The van der Waals surface area contributed by atoms with Gasteiger partial charge in [0.1, 0.15) is 5.78 Å². The number of rotatable bonds is 3. The summed E-state index contributed by atoms with van der Waals surface area (Å²) in [5.74, 6) is 1.50. The Kier molecular flexibility index (Phi) is 2.86. The van der Waals surface area contributed by atoms with Crippen molar-refractivity contribution in [2.45, 2.75) is 19.3 Å². The molecular formula is C16H16O2. The zero-order valence-corrected chi connectivity index (χ0v) is 10.2. The molecule has 3 atom stereocenters. The van der Waals surface area contributed by atoms with Gasteiger partial charge in [0.05, 0.1) is 0 Å². The number of ketones is 2. The molecule has 1 aromatic rings. The van der Waals surface area contributed by atoms with Crippen LogP contribution in [0.3, 0.4) is 0 Å². The summed E-state index contributed by atoms with van der Waals surface area (Å²) in [7, 11) is 0. The number of carbonyl (C=O) groups is 2. The van der Waals surface area contributed by atoms with Crippen LogP contribution < -0.4 is 0 Å². The zero-order valence-electron chi connectivity index (χ0n) is 10.2. The predicted molar refractivity (Wildman–Crippen MR) is 69.2 cm³/mol. The van der Waals surface area contributed by atoms with E-state index in [2.05, 4.69) is 0 Å². The summed E-state index contributed by atoms with van der Waals surface area (Å²) in [5, 5.41) is 0. The number of hydrogen-bond donors (Lipinski definition) is 0. The third-order valence-electron chi connectivity index (χ3n) is 4.09. The molecule has 0 spiro atoms. The fraction of sp³-hybridized carbons (Fsp3) is 0.375. The molecule has 0 aliphatic heterocycles. The molecule has 0 bridgehead atoms. The van der Waals surface area contributed by atoms with Crippen molar-refractivity contribution in [2.24, 2.45) is 17.8 Å². The molecule has 18 heavy (non-hydrogen) atoms. The summed E-state index contributed by atoms with van der Waals surface area (Å²) in [5.41, 5.74) is 0.712. The first-order chi connectivity index (χ1) is 8.77. The van der Waals surface area contributed by atoms with E-state index in [4.69, 9.17) is 0 Å². The maximum Gasteiger partial charge on any atom is 0.185 e. The third-order valence-corrected chi connectivity index (χ3v) is 4.09. The Morgan fingerprint density at radius 3 is 2.72 bits per heavy atom. The average Bonchev–Trinajstić information content (AvgIpc) is 3.12. The Morgan fingerprint density at radius 1 is 1.22 bits per heavy atom. The van der Waals surface area contributed by atoms with Crippen LogP contribution in [-0.2, 0) is 4.79 Å². The van der Waals surface area contributed by atoms with Crippen molar-refractivity contribution in [1.82, 2.24) is 0 Å². The quantitative estimate of drug-likeness (QED) is 0.601. The van der Waals surface area contributed by atoms with Crippen molar-refractivity contribution >= 4 is 11.6 Å². The monoisotopic (exact) mass is 240 g/mol. The molecule has 1 aromatic carbocycles. The van der Waals surface area contributed by atoms with Crippen LogP contribution in [0.2, 0.25) is 0 Å². The van der Waals surface area contributed by atoms with Gasteiger partial charge >= 0.3 is 0 Å². The van der Waals surface area contributed by atoms with Crippen LogP contribution in [0.15, 0.2) is 42.5 Å². The number of benzene rings is 1. The minimum Gasteiger partial charge on any atom is -0.299 e. The van der Waals surface area contributed by atoms with Gasteiger partial charge in [-0.15, -0.1) is 0 Å². The summed E-state index contributed by atoms with van der Waals surface area (Å²) < 4.78 is 0. The molecule has 0 unspecified atom stereocenters. The van der Waals surface area contributed by atoms with Gasteiger partial charge in [0, 0.05) is 17.9 Å². The number of carbonyl (C=O) groups excluding carboxylic acids is 2. The van der Waals surface area contributed by atoms with Crippen molar-refractivity contribution in [3.63, 3.8) is 0 Å². The van der Waals surface area contributed by atoms with E-state index in [0.29, 0.717) is 23.2 Å². The van der Waals surface area contributed by atoms with Gasteiger partial charge in [-0.2, -0.15) is 0 Å². The minimum atomic E-state index is 0.0340. The van der Waals surface area contributed by atoms with Gasteiger partial charge in [-0.05, 0) is 30.8 Å². The highest BCUT2D eigenvalue weighted by Gasteiger charge is 2.53. The summed E-state index contributed by atoms with van der Waals surface area (Å²) in [6.45, 7) is 0. The molecular weight excluding hydrogens is 224 g/mol. The lowest BCUT2D eigenvalue weighted by molar-refractivity contribution is -0.121. The van der Waals surface area contributed by atoms with Crippen molar-refractivity contribution in [2.75, 3.05) is 0 Å². The van der Waals surface area contributed by atoms with Gasteiger partial charge in [0.2, 0.25) is 0 Å². The van der Waals surface area contributed by atoms with Gasteiger partial charge < -0.3 is 0 Å². The second kappa shape index (κ2) is 4.52. The highest BCUT2D eigenvalue weighted by atomic mass is 16.1. The van der Waals surface area contributed by atoms with E-state index >= 15 is 0 Å². The first-order valence-electron chi connectivity index (χ1n) is 6.57. The molecule has 92 valence electrons. The van der Waals surface area contributed by atoms with E-state index in [1.807, 2.05) is 36.4 Å². The van der Waals surface area contributed by atoms with Crippen LogP contribution in [0.4, 0.5) is 0 Å². The van der Waals surface area contributed by atoms with E-state index in [1.54, 1.807) is 6.08 Å². The van der Waals surface area contributed by atoms with E-state index < -0.39 is 0 Å². The Balaban J connectivity index is 1.66. The molecule has 2 nitrogen and oxygen atoms in total. The van der Waals surface area contributed by atoms with Gasteiger partial charge in [0.15, 0.2) is 5.78 Å². The highest BCUT2D eigenvalue weighted by molar-refractivity contribution is 6.04. The van der Waals surface area contributed by atoms with Crippen LogP contribution in [0, 0.1) is 17.8 Å². The van der Waals surface area contributed by atoms with Crippen LogP contribution in [0.5, 0.6) is 0 Å². The number of allylic oxidation sites excluding steroid dienone is 2. The molecule has 2 saturated carbocycles. The molecule has 0 aromatic heterocycles. The molecule has 0 N–H and O–H groups in total. The van der Waals surface area contributed by atoms with E-state index in [-0.39, 0.29) is 11.7 Å². The van der Waals surface area contributed by atoms with Crippen LogP contribution in [0.25, 0.3) is 0 Å². The molecule has 0 saturated heterocycles. The lowest BCUT2D eigenvalue weighted by Gasteiger charge is -2.04. The van der Waals surface area contributed by atoms with Crippen molar-refractivity contribution in [1.29, 1.82) is 0 Å². The summed E-state index contributed by atoms with van der Waals surface area (Å²) in [4.78, 5) is 23.5. The summed E-state index contributed by atoms with van der Waals surface area (Å²) in [6, 6.07) is 9.26. The first kappa shape index (κ1) is 11.4. The van der Waals surface area contributed by atoms with Crippen LogP contribution >= 0.6 is 0 Å². The predicted octanol–water partition coefficient (Wildman–Crippen LogP) is 3.04. The van der Waals surface area contributed by atoms with Crippen LogP contribution in [0.1, 0.15) is 29.6 Å².